The number of unbranched alkanes of at least 4 members (excludes halogenated alkanes) is 5. The number of rotatable bonds is 15. The third-order valence-corrected chi connectivity index (χ3v) is 7.56. The summed E-state index contributed by atoms with van der Waals surface area (Å²) < 4.78 is 5.52. The summed E-state index contributed by atoms with van der Waals surface area (Å²) in [6.07, 6.45) is 12.0. The molecule has 0 saturated heterocycles. The maximum atomic E-state index is 14.6. The van der Waals surface area contributed by atoms with Crippen molar-refractivity contribution in [2.75, 3.05) is 11.9 Å². The maximum Gasteiger partial charge on any atom is 0.408 e. The van der Waals surface area contributed by atoms with E-state index in [2.05, 4.69) is 23.5 Å². The van der Waals surface area contributed by atoms with Crippen LogP contribution in [0.1, 0.15) is 109 Å². The second-order valence-electron chi connectivity index (χ2n) is 12.2. The van der Waals surface area contributed by atoms with Crippen LogP contribution in [0.5, 0.6) is 0 Å². The molecule has 2 rings (SSSR count). The Hall–Kier alpha value is -3.79. The molecular weight excluding hydrogens is 538 g/mol. The molecular formula is C36H51N3O4. The van der Waals surface area contributed by atoms with Gasteiger partial charge in [-0.15, -0.1) is 6.42 Å². The summed E-state index contributed by atoms with van der Waals surface area (Å²) >= 11 is 0. The standard InChI is InChI=1S/C36H51N3O4/c1-9-12-13-14-15-20-25-39(34(41)31(26(4)10-2)38-35(42)43-36(6,7)8)32(29-23-18-17-22-28(29)11-3)33(40)37-30-24-19-16-21-27(30)5/h3,16-19,21-24,26,31-32H,9-10,12-15,20,25H2,1-2,4-8H3,(H,37,40)(H,38,42). The van der Waals surface area contributed by atoms with Crippen LogP contribution >= 0.6 is 0 Å². The van der Waals surface area contributed by atoms with E-state index in [1.54, 1.807) is 37.8 Å². The fourth-order valence-electron chi connectivity index (χ4n) is 4.96. The first-order chi connectivity index (χ1) is 20.4. The molecule has 0 radical (unpaired) electrons. The van der Waals surface area contributed by atoms with Crippen molar-refractivity contribution in [3.05, 3.63) is 65.2 Å². The summed E-state index contributed by atoms with van der Waals surface area (Å²) in [7, 11) is 0. The highest BCUT2D eigenvalue weighted by molar-refractivity contribution is 5.99. The molecule has 0 aliphatic heterocycles. The molecule has 0 heterocycles. The number of ether oxygens (including phenoxy) is 1. The molecule has 0 aliphatic carbocycles. The second kappa shape index (κ2) is 17.4. The molecule has 2 aromatic carbocycles. The van der Waals surface area contributed by atoms with E-state index in [1.807, 2.05) is 57.2 Å². The zero-order valence-electron chi connectivity index (χ0n) is 27.2. The number of terminal acetylenes is 1. The lowest BCUT2D eigenvalue weighted by Crippen LogP contribution is -2.55. The zero-order chi connectivity index (χ0) is 32.0. The largest absolute Gasteiger partial charge is 0.444 e. The Morgan fingerprint density at radius 3 is 2.21 bits per heavy atom. The van der Waals surface area contributed by atoms with Gasteiger partial charge in [0, 0.05) is 17.8 Å². The number of anilines is 1. The van der Waals surface area contributed by atoms with Gasteiger partial charge in [0.2, 0.25) is 5.91 Å². The molecule has 7 nitrogen and oxygen atoms in total. The normalized spacial score (nSPS) is 13.3. The summed E-state index contributed by atoms with van der Waals surface area (Å²) in [6, 6.07) is 12.8. The van der Waals surface area contributed by atoms with Gasteiger partial charge >= 0.3 is 6.09 Å². The van der Waals surface area contributed by atoms with E-state index >= 15 is 0 Å². The van der Waals surface area contributed by atoms with Crippen LogP contribution in [0, 0.1) is 25.2 Å². The fourth-order valence-corrected chi connectivity index (χ4v) is 4.96. The van der Waals surface area contributed by atoms with Gasteiger partial charge in [0.15, 0.2) is 0 Å². The molecule has 0 saturated carbocycles. The lowest BCUT2D eigenvalue weighted by molar-refractivity contribution is -0.142. The molecule has 0 aromatic heterocycles. The first kappa shape index (κ1) is 35.4. The minimum absolute atomic E-state index is 0.213. The lowest BCUT2D eigenvalue weighted by Gasteiger charge is -2.36. The Balaban J connectivity index is 2.60. The van der Waals surface area contributed by atoms with E-state index in [4.69, 9.17) is 11.2 Å². The first-order valence-corrected chi connectivity index (χ1v) is 15.6. The highest BCUT2D eigenvalue weighted by Gasteiger charge is 2.38. The van der Waals surface area contributed by atoms with Crippen molar-refractivity contribution in [2.24, 2.45) is 5.92 Å². The monoisotopic (exact) mass is 589 g/mol. The number of carbonyl (C=O) groups is 3. The van der Waals surface area contributed by atoms with Crippen LogP contribution in [0.25, 0.3) is 0 Å². The Morgan fingerprint density at radius 2 is 1.58 bits per heavy atom. The summed E-state index contributed by atoms with van der Waals surface area (Å²) in [5.41, 5.74) is 1.93. The summed E-state index contributed by atoms with van der Waals surface area (Å²) in [6.45, 7) is 13.6. The van der Waals surface area contributed by atoms with Gasteiger partial charge in [-0.2, -0.15) is 0 Å². The molecule has 3 unspecified atom stereocenters. The number of nitrogens with one attached hydrogen (secondary N) is 2. The van der Waals surface area contributed by atoms with Gasteiger partial charge in [-0.3, -0.25) is 9.59 Å². The van der Waals surface area contributed by atoms with Gasteiger partial charge in [0.25, 0.3) is 5.91 Å². The number of alkyl carbamates (subject to hydrolysis) is 1. The quantitative estimate of drug-likeness (QED) is 0.164. The number of carbonyl (C=O) groups excluding carboxylic acids is 3. The third-order valence-electron chi connectivity index (χ3n) is 7.56. The van der Waals surface area contributed by atoms with Gasteiger partial charge in [0.1, 0.15) is 17.7 Å². The molecule has 7 heteroatoms. The molecule has 0 spiro atoms. The van der Waals surface area contributed by atoms with Crippen LogP contribution in [0.2, 0.25) is 0 Å². The number of hydrogen-bond acceptors (Lipinski definition) is 4. The van der Waals surface area contributed by atoms with E-state index in [-0.39, 0.29) is 17.7 Å². The van der Waals surface area contributed by atoms with Gasteiger partial charge < -0.3 is 20.3 Å². The average molecular weight is 590 g/mol. The van der Waals surface area contributed by atoms with Gasteiger partial charge in [-0.25, -0.2) is 4.79 Å². The average Bonchev–Trinajstić information content (AvgIpc) is 2.96. The van der Waals surface area contributed by atoms with Crippen LogP contribution in [0.3, 0.4) is 0 Å². The number of nitrogens with zero attached hydrogens (tertiary/aromatic N) is 1. The molecule has 3 amide bonds. The molecule has 0 fully saturated rings. The van der Waals surface area contributed by atoms with E-state index < -0.39 is 23.8 Å². The number of hydrogen-bond donors (Lipinski definition) is 2. The van der Waals surface area contributed by atoms with Crippen molar-refractivity contribution >= 4 is 23.6 Å². The van der Waals surface area contributed by atoms with Crippen molar-refractivity contribution in [1.82, 2.24) is 10.2 Å². The first-order valence-electron chi connectivity index (χ1n) is 15.6. The Labute approximate surface area is 259 Å². The fraction of sp³-hybridized carbons (Fsp3) is 0.528. The van der Waals surface area contributed by atoms with Crippen LogP contribution < -0.4 is 10.6 Å². The Kier molecular flexibility index (Phi) is 14.3. The maximum absolute atomic E-state index is 14.6. The van der Waals surface area contributed by atoms with Crippen LogP contribution in [-0.4, -0.2) is 41.0 Å². The molecule has 0 aliphatic rings. The van der Waals surface area contributed by atoms with E-state index in [0.717, 1.165) is 37.7 Å². The van der Waals surface area contributed by atoms with Crippen molar-refractivity contribution in [3.63, 3.8) is 0 Å². The minimum atomic E-state index is -1.01. The van der Waals surface area contributed by atoms with Crippen LogP contribution in [-0.2, 0) is 14.3 Å². The summed E-state index contributed by atoms with van der Waals surface area (Å²) in [5.74, 6) is 1.78. The number of benzene rings is 2. The smallest absolute Gasteiger partial charge is 0.408 e. The number of aryl methyl sites for hydroxylation is 1. The highest BCUT2D eigenvalue weighted by atomic mass is 16.6. The molecule has 0 bridgehead atoms. The Morgan fingerprint density at radius 1 is 0.953 bits per heavy atom. The van der Waals surface area contributed by atoms with Crippen molar-refractivity contribution in [2.45, 2.75) is 111 Å². The molecule has 3 atom stereocenters. The minimum Gasteiger partial charge on any atom is -0.444 e. The molecule has 234 valence electrons. The Bertz CT molecular complexity index is 1240. The van der Waals surface area contributed by atoms with Crippen molar-refractivity contribution in [1.29, 1.82) is 0 Å². The second-order valence-corrected chi connectivity index (χ2v) is 12.2. The van der Waals surface area contributed by atoms with Crippen molar-refractivity contribution < 1.29 is 19.1 Å². The lowest BCUT2D eigenvalue weighted by atomic mass is 9.93. The van der Waals surface area contributed by atoms with Gasteiger partial charge in [0.05, 0.1) is 0 Å². The van der Waals surface area contributed by atoms with Crippen LogP contribution in [0.4, 0.5) is 10.5 Å². The predicted octanol–water partition coefficient (Wildman–Crippen LogP) is 7.78. The third kappa shape index (κ3) is 11.1. The SMILES string of the molecule is C#Cc1ccccc1C(C(=O)Nc1ccccc1C)N(CCCCCCCC)C(=O)C(NC(=O)OC(C)(C)C)C(C)CC. The summed E-state index contributed by atoms with van der Waals surface area (Å²) in [5, 5.41) is 5.89. The number of amides is 3. The molecule has 2 N–H and O–H groups in total. The van der Waals surface area contributed by atoms with Crippen LogP contribution in [0.15, 0.2) is 48.5 Å². The van der Waals surface area contributed by atoms with E-state index in [1.165, 1.54) is 0 Å². The predicted molar refractivity (Wildman–Crippen MR) is 175 cm³/mol. The van der Waals surface area contributed by atoms with E-state index in [0.29, 0.717) is 36.2 Å². The van der Waals surface area contributed by atoms with Crippen molar-refractivity contribution in [3.8, 4) is 12.3 Å². The molecule has 2 aromatic rings. The number of para-hydroxylation sites is 1. The summed E-state index contributed by atoms with van der Waals surface area (Å²) in [4.78, 5) is 43.3. The van der Waals surface area contributed by atoms with Gasteiger partial charge in [-0.1, -0.05) is 102 Å². The topological polar surface area (TPSA) is 87.7 Å². The molecule has 43 heavy (non-hydrogen) atoms. The van der Waals surface area contributed by atoms with E-state index in [9.17, 15) is 14.4 Å². The highest BCUT2D eigenvalue weighted by Crippen LogP contribution is 2.29. The van der Waals surface area contributed by atoms with Gasteiger partial charge in [-0.05, 0) is 63.3 Å². The zero-order valence-corrected chi connectivity index (χ0v) is 27.2.